The van der Waals surface area contributed by atoms with Crippen LogP contribution in [0.25, 0.3) is 0 Å². The third-order valence-corrected chi connectivity index (χ3v) is 4.69. The van der Waals surface area contributed by atoms with Crippen molar-refractivity contribution in [1.29, 1.82) is 0 Å². The molecule has 1 saturated carbocycles. The molecule has 0 saturated heterocycles. The fourth-order valence-electron chi connectivity index (χ4n) is 2.31. The third-order valence-electron chi connectivity index (χ3n) is 3.56. The molecule has 0 aromatic carbocycles. The number of rotatable bonds is 10. The van der Waals surface area contributed by atoms with Crippen molar-refractivity contribution in [2.24, 2.45) is 0 Å². The first-order valence-corrected chi connectivity index (χ1v) is 8.56. The summed E-state index contributed by atoms with van der Waals surface area (Å²) in [6, 6.07) is 0.692. The number of hydrogen-bond acceptors (Lipinski definition) is 5. The molecule has 0 atom stereocenters. The first-order valence-electron chi connectivity index (χ1n) is 7.75. The van der Waals surface area contributed by atoms with Crippen LogP contribution in [0.3, 0.4) is 0 Å². The Balaban J connectivity index is 2.11. The lowest BCUT2D eigenvalue weighted by molar-refractivity contribution is 0.205. The Bertz CT molecular complexity index is 404. The van der Waals surface area contributed by atoms with Crippen molar-refractivity contribution in [2.45, 2.75) is 52.1 Å². The highest BCUT2D eigenvalue weighted by atomic mass is 32.1. The zero-order chi connectivity index (χ0) is 14.4. The van der Waals surface area contributed by atoms with Gasteiger partial charge in [0.15, 0.2) is 5.13 Å². The summed E-state index contributed by atoms with van der Waals surface area (Å²) in [5, 5.41) is 4.63. The second kappa shape index (κ2) is 7.96. The maximum atomic E-state index is 5.24. The summed E-state index contributed by atoms with van der Waals surface area (Å²) in [7, 11) is 1.77. The molecule has 4 nitrogen and oxygen atoms in total. The average Bonchev–Trinajstić information content (AvgIpc) is 3.20. The normalized spacial score (nSPS) is 14.8. The minimum atomic E-state index is 0.692. The second-order valence-electron chi connectivity index (χ2n) is 5.31. The van der Waals surface area contributed by atoms with Crippen LogP contribution in [-0.2, 0) is 17.7 Å². The maximum absolute atomic E-state index is 5.24. The van der Waals surface area contributed by atoms with E-state index in [1.807, 2.05) is 11.3 Å². The summed E-state index contributed by atoms with van der Waals surface area (Å²) in [4.78, 5) is 8.77. The Morgan fingerprint density at radius 1 is 1.40 bits per heavy atom. The second-order valence-corrected chi connectivity index (χ2v) is 6.38. The van der Waals surface area contributed by atoms with Crippen molar-refractivity contribution < 1.29 is 4.74 Å². The van der Waals surface area contributed by atoms with Gasteiger partial charge in [0.25, 0.3) is 0 Å². The van der Waals surface area contributed by atoms with E-state index in [1.165, 1.54) is 28.5 Å². The molecule has 1 aliphatic carbocycles. The van der Waals surface area contributed by atoms with E-state index >= 15 is 0 Å². The molecule has 0 amide bonds. The first kappa shape index (κ1) is 15.7. The number of hydrogen-bond donors (Lipinski definition) is 1. The van der Waals surface area contributed by atoms with Crippen LogP contribution < -0.4 is 10.2 Å². The number of nitrogens with one attached hydrogen (secondary N) is 1. The Morgan fingerprint density at radius 2 is 2.20 bits per heavy atom. The molecule has 1 N–H and O–H groups in total. The van der Waals surface area contributed by atoms with Gasteiger partial charge in [-0.3, -0.25) is 0 Å². The van der Waals surface area contributed by atoms with Gasteiger partial charge in [0, 0.05) is 31.1 Å². The van der Waals surface area contributed by atoms with Gasteiger partial charge in [-0.25, -0.2) is 4.98 Å². The summed E-state index contributed by atoms with van der Waals surface area (Å²) in [5.41, 5.74) is 1.29. The van der Waals surface area contributed by atoms with Crippen LogP contribution >= 0.6 is 11.3 Å². The lowest BCUT2D eigenvalue weighted by Crippen LogP contribution is -2.29. The molecule has 1 aromatic rings. The lowest BCUT2D eigenvalue weighted by Gasteiger charge is -2.20. The number of nitrogens with zero attached hydrogens (tertiary/aromatic N) is 2. The van der Waals surface area contributed by atoms with Crippen LogP contribution in [0.15, 0.2) is 0 Å². The van der Waals surface area contributed by atoms with Crippen LogP contribution in [0.1, 0.15) is 43.7 Å². The van der Waals surface area contributed by atoms with Crippen LogP contribution in [-0.4, -0.2) is 37.8 Å². The van der Waals surface area contributed by atoms with Crippen molar-refractivity contribution >= 4 is 16.5 Å². The summed E-state index contributed by atoms with van der Waals surface area (Å²) in [6.07, 6.45) is 4.84. The maximum Gasteiger partial charge on any atom is 0.186 e. The van der Waals surface area contributed by atoms with E-state index < -0.39 is 0 Å². The van der Waals surface area contributed by atoms with Crippen molar-refractivity contribution in [3.63, 3.8) is 0 Å². The Labute approximate surface area is 126 Å². The highest BCUT2D eigenvalue weighted by molar-refractivity contribution is 7.15. The molecule has 5 heteroatoms. The Kier molecular flexibility index (Phi) is 6.26. The minimum absolute atomic E-state index is 0.692. The molecule has 2 rings (SSSR count). The predicted octanol–water partition coefficient (Wildman–Crippen LogP) is 2.82. The molecule has 1 aliphatic rings. The molecule has 1 aromatic heterocycles. The molecule has 1 heterocycles. The van der Waals surface area contributed by atoms with Gasteiger partial charge in [-0.1, -0.05) is 20.3 Å². The zero-order valence-corrected chi connectivity index (χ0v) is 13.8. The number of aromatic nitrogens is 1. The standard InChI is InChI=1S/C15H27N3OS/c1-4-6-13-14(11-16-5-2)20-15(17-13)18(9-10-19-3)12-7-8-12/h12,16H,4-11H2,1-3H3. The van der Waals surface area contributed by atoms with Crippen LogP contribution in [0, 0.1) is 0 Å². The Morgan fingerprint density at radius 3 is 2.80 bits per heavy atom. The number of ether oxygens (including phenoxy) is 1. The van der Waals surface area contributed by atoms with E-state index in [0.717, 1.165) is 39.1 Å². The van der Waals surface area contributed by atoms with Crippen LogP contribution in [0.2, 0.25) is 0 Å². The van der Waals surface area contributed by atoms with Crippen molar-refractivity contribution in [3.05, 3.63) is 10.6 Å². The fourth-order valence-corrected chi connectivity index (χ4v) is 3.49. The number of aryl methyl sites for hydroxylation is 1. The van der Waals surface area contributed by atoms with Crippen molar-refractivity contribution in [3.8, 4) is 0 Å². The van der Waals surface area contributed by atoms with Gasteiger partial charge in [0.1, 0.15) is 0 Å². The molecule has 1 fully saturated rings. The largest absolute Gasteiger partial charge is 0.383 e. The van der Waals surface area contributed by atoms with Crippen molar-refractivity contribution in [2.75, 3.05) is 31.7 Å². The topological polar surface area (TPSA) is 37.4 Å². The molecule has 0 spiro atoms. The molecule has 0 radical (unpaired) electrons. The number of methoxy groups -OCH3 is 1. The minimum Gasteiger partial charge on any atom is -0.383 e. The number of anilines is 1. The molecular weight excluding hydrogens is 270 g/mol. The molecular formula is C15H27N3OS. The van der Waals surface area contributed by atoms with Gasteiger partial charge >= 0.3 is 0 Å². The summed E-state index contributed by atoms with van der Waals surface area (Å²) < 4.78 is 5.24. The monoisotopic (exact) mass is 297 g/mol. The van der Waals surface area contributed by atoms with Crippen molar-refractivity contribution in [1.82, 2.24) is 10.3 Å². The summed E-state index contributed by atoms with van der Waals surface area (Å²) in [6.45, 7) is 8.07. The average molecular weight is 297 g/mol. The van der Waals surface area contributed by atoms with Gasteiger partial charge in [-0.15, -0.1) is 11.3 Å². The third kappa shape index (κ3) is 4.17. The quantitative estimate of drug-likeness (QED) is 0.720. The molecule has 0 aliphatic heterocycles. The van der Waals surface area contributed by atoms with E-state index in [0.29, 0.717) is 6.04 Å². The fraction of sp³-hybridized carbons (Fsp3) is 0.800. The SMILES string of the molecule is CCCc1nc(N(CCOC)C2CC2)sc1CNCC. The smallest absolute Gasteiger partial charge is 0.186 e. The first-order chi connectivity index (χ1) is 9.80. The van der Waals surface area contributed by atoms with Gasteiger partial charge in [0.2, 0.25) is 0 Å². The highest BCUT2D eigenvalue weighted by Crippen LogP contribution is 2.35. The van der Waals surface area contributed by atoms with Crippen LogP contribution in [0.4, 0.5) is 5.13 Å². The predicted molar refractivity (Wildman–Crippen MR) is 85.7 cm³/mol. The lowest BCUT2D eigenvalue weighted by atomic mass is 10.2. The zero-order valence-electron chi connectivity index (χ0n) is 12.9. The molecule has 20 heavy (non-hydrogen) atoms. The summed E-state index contributed by atoms with van der Waals surface area (Å²) in [5.74, 6) is 0. The van der Waals surface area contributed by atoms with Crippen LogP contribution in [0.5, 0.6) is 0 Å². The van der Waals surface area contributed by atoms with Gasteiger partial charge in [0.05, 0.1) is 12.3 Å². The van der Waals surface area contributed by atoms with E-state index in [4.69, 9.17) is 9.72 Å². The Hall–Kier alpha value is -0.650. The van der Waals surface area contributed by atoms with E-state index in [9.17, 15) is 0 Å². The van der Waals surface area contributed by atoms with E-state index in [2.05, 4.69) is 24.1 Å². The summed E-state index contributed by atoms with van der Waals surface area (Å²) >= 11 is 1.86. The van der Waals surface area contributed by atoms with Gasteiger partial charge in [-0.05, 0) is 25.8 Å². The molecule has 0 unspecified atom stereocenters. The van der Waals surface area contributed by atoms with E-state index in [1.54, 1.807) is 7.11 Å². The number of thiazole rings is 1. The van der Waals surface area contributed by atoms with Gasteiger partial charge in [-0.2, -0.15) is 0 Å². The van der Waals surface area contributed by atoms with E-state index in [-0.39, 0.29) is 0 Å². The molecule has 0 bridgehead atoms. The highest BCUT2D eigenvalue weighted by Gasteiger charge is 2.31. The van der Waals surface area contributed by atoms with Gasteiger partial charge < -0.3 is 15.0 Å². The molecule has 114 valence electrons.